The van der Waals surface area contributed by atoms with Crippen LogP contribution in [0, 0.1) is 0 Å². The fraction of sp³-hybridized carbons (Fsp3) is 0.600. The van der Waals surface area contributed by atoms with E-state index in [1.165, 1.54) is 40.6 Å². The molecule has 2 fully saturated rings. The van der Waals surface area contributed by atoms with Crippen molar-refractivity contribution in [2.24, 2.45) is 0 Å². The summed E-state index contributed by atoms with van der Waals surface area (Å²) in [4.78, 5) is 1.43. The highest BCUT2D eigenvalue weighted by Crippen LogP contribution is 2.34. The molecule has 1 aromatic rings. The van der Waals surface area contributed by atoms with E-state index in [1.807, 2.05) is 11.8 Å². The summed E-state index contributed by atoms with van der Waals surface area (Å²) in [5.74, 6) is 0. The van der Waals surface area contributed by atoms with E-state index >= 15 is 0 Å². The Morgan fingerprint density at radius 3 is 2.74 bits per heavy atom. The molecule has 1 heterocycles. The third kappa shape index (κ3) is 4.22. The molecule has 4 heteroatoms. The predicted molar refractivity (Wildman–Crippen MR) is 83.7 cm³/mol. The Bertz CT molecular complexity index is 430. The quantitative estimate of drug-likeness (QED) is 0.875. The van der Waals surface area contributed by atoms with Gasteiger partial charge in [0.2, 0.25) is 0 Å². The molecule has 0 radical (unpaired) electrons. The molecular formula is C15H20BrNOS. The fourth-order valence-electron chi connectivity index (χ4n) is 2.30. The number of rotatable bonds is 5. The summed E-state index contributed by atoms with van der Waals surface area (Å²) in [5, 5.41) is 4.33. The Kier molecular flexibility index (Phi) is 4.85. The van der Waals surface area contributed by atoms with Crippen molar-refractivity contribution in [1.29, 1.82) is 0 Å². The minimum atomic E-state index is 0.711. The van der Waals surface area contributed by atoms with Crippen LogP contribution in [0.25, 0.3) is 0 Å². The zero-order chi connectivity index (χ0) is 13.1. The number of thioether (sulfide) groups is 1. The monoisotopic (exact) mass is 341 g/mol. The average molecular weight is 342 g/mol. The molecule has 1 saturated carbocycles. The van der Waals surface area contributed by atoms with Crippen LogP contribution < -0.4 is 5.32 Å². The van der Waals surface area contributed by atoms with Crippen molar-refractivity contribution in [3.63, 3.8) is 0 Å². The maximum atomic E-state index is 5.44. The molecule has 3 rings (SSSR count). The van der Waals surface area contributed by atoms with Crippen molar-refractivity contribution in [2.45, 2.75) is 48.4 Å². The van der Waals surface area contributed by atoms with E-state index in [4.69, 9.17) is 4.74 Å². The van der Waals surface area contributed by atoms with Crippen LogP contribution in [0.2, 0.25) is 0 Å². The first-order valence-corrected chi connectivity index (χ1v) is 8.75. The van der Waals surface area contributed by atoms with E-state index in [2.05, 4.69) is 39.4 Å². The van der Waals surface area contributed by atoms with Gasteiger partial charge >= 0.3 is 0 Å². The summed E-state index contributed by atoms with van der Waals surface area (Å²) < 4.78 is 6.62. The molecule has 2 aliphatic rings. The fourth-order valence-corrected chi connectivity index (χ4v) is 4.09. The minimum absolute atomic E-state index is 0.711. The number of nitrogens with one attached hydrogen (secondary N) is 1. The molecule has 0 bridgehead atoms. The van der Waals surface area contributed by atoms with Crippen molar-refractivity contribution in [1.82, 2.24) is 5.32 Å². The van der Waals surface area contributed by atoms with E-state index in [1.54, 1.807) is 0 Å². The Hall–Kier alpha value is -0.0300. The van der Waals surface area contributed by atoms with Crippen LogP contribution in [0.1, 0.15) is 31.2 Å². The lowest BCUT2D eigenvalue weighted by Gasteiger charge is -2.22. The third-order valence-electron chi connectivity index (χ3n) is 3.65. The largest absolute Gasteiger partial charge is 0.381 e. The highest BCUT2D eigenvalue weighted by molar-refractivity contribution is 9.10. The first kappa shape index (κ1) is 13.9. The summed E-state index contributed by atoms with van der Waals surface area (Å²) >= 11 is 5.62. The molecule has 19 heavy (non-hydrogen) atoms. The maximum absolute atomic E-state index is 5.44. The zero-order valence-corrected chi connectivity index (χ0v) is 13.4. The number of benzene rings is 1. The second kappa shape index (κ2) is 6.61. The van der Waals surface area contributed by atoms with Crippen LogP contribution in [-0.4, -0.2) is 24.5 Å². The highest BCUT2D eigenvalue weighted by Gasteiger charge is 2.21. The Morgan fingerprint density at radius 2 is 2.00 bits per heavy atom. The summed E-state index contributed by atoms with van der Waals surface area (Å²) in [6.07, 6.45) is 5.04. The van der Waals surface area contributed by atoms with Crippen LogP contribution in [0.3, 0.4) is 0 Å². The average Bonchev–Trinajstić information content (AvgIpc) is 3.23. The number of ether oxygens (including phenoxy) is 1. The summed E-state index contributed by atoms with van der Waals surface area (Å²) in [6, 6.07) is 7.44. The van der Waals surface area contributed by atoms with Gasteiger partial charge in [-0.2, -0.15) is 0 Å². The molecule has 0 unspecified atom stereocenters. The molecule has 0 spiro atoms. The molecule has 2 nitrogen and oxygen atoms in total. The van der Waals surface area contributed by atoms with Gasteiger partial charge in [-0.1, -0.05) is 22.0 Å². The lowest BCUT2D eigenvalue weighted by Crippen LogP contribution is -2.19. The molecule has 104 valence electrons. The van der Waals surface area contributed by atoms with Gasteiger partial charge in [-0.15, -0.1) is 11.8 Å². The predicted octanol–water partition coefficient (Wildman–Crippen LogP) is 3.97. The summed E-state index contributed by atoms with van der Waals surface area (Å²) in [5.41, 5.74) is 1.44. The van der Waals surface area contributed by atoms with Crippen LogP contribution in [-0.2, 0) is 11.3 Å². The summed E-state index contributed by atoms with van der Waals surface area (Å²) in [7, 11) is 0. The molecular weight excluding hydrogens is 322 g/mol. The molecule has 1 N–H and O–H groups in total. The highest BCUT2D eigenvalue weighted by atomic mass is 79.9. The van der Waals surface area contributed by atoms with E-state index in [-0.39, 0.29) is 0 Å². The molecule has 1 aliphatic carbocycles. The lowest BCUT2D eigenvalue weighted by atomic mass is 10.2. The van der Waals surface area contributed by atoms with Gasteiger partial charge in [-0.3, -0.25) is 0 Å². The van der Waals surface area contributed by atoms with Gasteiger partial charge < -0.3 is 10.1 Å². The normalized spacial score (nSPS) is 20.7. The molecule has 0 atom stereocenters. The van der Waals surface area contributed by atoms with Gasteiger partial charge in [-0.25, -0.2) is 0 Å². The standard InChI is InChI=1S/C15H20BrNOS/c16-12-2-1-11(10-17-13-3-4-13)15(9-12)19-14-5-7-18-8-6-14/h1-2,9,13-14,17H,3-8,10H2. The van der Waals surface area contributed by atoms with Crippen molar-refractivity contribution in [3.05, 3.63) is 28.2 Å². The number of hydrogen-bond acceptors (Lipinski definition) is 3. The van der Waals surface area contributed by atoms with Gasteiger partial charge in [0.15, 0.2) is 0 Å². The van der Waals surface area contributed by atoms with Gasteiger partial charge in [0, 0.05) is 40.4 Å². The molecule has 1 aromatic carbocycles. The summed E-state index contributed by atoms with van der Waals surface area (Å²) in [6.45, 7) is 2.84. The van der Waals surface area contributed by atoms with Crippen LogP contribution in [0.5, 0.6) is 0 Å². The van der Waals surface area contributed by atoms with Crippen molar-refractivity contribution < 1.29 is 4.74 Å². The van der Waals surface area contributed by atoms with Crippen LogP contribution in [0.4, 0.5) is 0 Å². The lowest BCUT2D eigenvalue weighted by molar-refractivity contribution is 0.1000. The van der Waals surface area contributed by atoms with E-state index in [9.17, 15) is 0 Å². The minimum Gasteiger partial charge on any atom is -0.381 e. The van der Waals surface area contributed by atoms with E-state index in [0.717, 1.165) is 25.8 Å². The van der Waals surface area contributed by atoms with Crippen molar-refractivity contribution in [3.8, 4) is 0 Å². The molecule has 1 saturated heterocycles. The van der Waals surface area contributed by atoms with Gasteiger partial charge in [0.05, 0.1) is 0 Å². The Balaban J connectivity index is 1.67. The number of halogens is 1. The Labute approximate surface area is 127 Å². The number of hydrogen-bond donors (Lipinski definition) is 1. The third-order valence-corrected chi connectivity index (χ3v) is 5.58. The van der Waals surface area contributed by atoms with Crippen molar-refractivity contribution >= 4 is 27.7 Å². The Morgan fingerprint density at radius 1 is 1.21 bits per heavy atom. The first-order valence-electron chi connectivity index (χ1n) is 7.07. The van der Waals surface area contributed by atoms with E-state index < -0.39 is 0 Å². The SMILES string of the molecule is Brc1ccc(CNC2CC2)c(SC2CCOCC2)c1. The maximum Gasteiger partial charge on any atom is 0.0476 e. The molecule has 1 aliphatic heterocycles. The van der Waals surface area contributed by atoms with Crippen molar-refractivity contribution in [2.75, 3.05) is 13.2 Å². The smallest absolute Gasteiger partial charge is 0.0476 e. The molecule has 0 amide bonds. The van der Waals surface area contributed by atoms with Gasteiger partial charge in [0.1, 0.15) is 0 Å². The van der Waals surface area contributed by atoms with Gasteiger partial charge in [0.25, 0.3) is 0 Å². The van der Waals surface area contributed by atoms with Gasteiger partial charge in [-0.05, 0) is 43.4 Å². The molecule has 0 aromatic heterocycles. The topological polar surface area (TPSA) is 21.3 Å². The zero-order valence-electron chi connectivity index (χ0n) is 11.0. The first-order chi connectivity index (χ1) is 9.31. The second-order valence-electron chi connectivity index (χ2n) is 5.34. The van der Waals surface area contributed by atoms with Crippen LogP contribution >= 0.6 is 27.7 Å². The van der Waals surface area contributed by atoms with Crippen LogP contribution in [0.15, 0.2) is 27.6 Å². The second-order valence-corrected chi connectivity index (χ2v) is 7.59. The van der Waals surface area contributed by atoms with E-state index in [0.29, 0.717) is 5.25 Å².